The number of hydrogen-bond acceptors (Lipinski definition) is 2. The number of quaternary nitrogens is 1. The van der Waals surface area contributed by atoms with Crippen LogP contribution < -0.4 is 16.0 Å². The molecule has 1 aliphatic heterocycles. The summed E-state index contributed by atoms with van der Waals surface area (Å²) in [6.07, 6.45) is 1.52. The molecule has 1 aliphatic rings. The van der Waals surface area contributed by atoms with Crippen molar-refractivity contribution in [3.63, 3.8) is 0 Å². The molecule has 21 heavy (non-hydrogen) atoms. The summed E-state index contributed by atoms with van der Waals surface area (Å²) in [7, 11) is 0. The SMILES string of the molecule is NC(=O)[C@@H]1CCC[NH+](CC(=O)Nc2c(F)cccc2F)C1. The minimum absolute atomic E-state index is 0.0531. The van der Waals surface area contributed by atoms with Gasteiger partial charge in [0.15, 0.2) is 6.54 Å². The highest BCUT2D eigenvalue weighted by Gasteiger charge is 2.28. The number of halogens is 2. The van der Waals surface area contributed by atoms with E-state index in [0.717, 1.165) is 36.4 Å². The van der Waals surface area contributed by atoms with Crippen LogP contribution in [0.3, 0.4) is 0 Å². The molecule has 1 fully saturated rings. The molecule has 114 valence electrons. The average Bonchev–Trinajstić information content (AvgIpc) is 2.43. The number of hydrogen-bond donors (Lipinski definition) is 3. The molecule has 0 aromatic heterocycles. The fraction of sp³-hybridized carbons (Fsp3) is 0.429. The van der Waals surface area contributed by atoms with Crippen LogP contribution in [0.5, 0.6) is 0 Å². The van der Waals surface area contributed by atoms with Gasteiger partial charge in [-0.05, 0) is 25.0 Å². The molecular formula is C14H18F2N3O2+. The number of rotatable bonds is 4. The fourth-order valence-corrected chi connectivity index (χ4v) is 2.58. The van der Waals surface area contributed by atoms with E-state index in [4.69, 9.17) is 5.73 Å². The number of benzene rings is 1. The maximum Gasteiger partial charge on any atom is 0.279 e. The van der Waals surface area contributed by atoms with Crippen LogP contribution >= 0.6 is 0 Å². The van der Waals surface area contributed by atoms with Gasteiger partial charge in [0, 0.05) is 0 Å². The molecule has 1 unspecified atom stereocenters. The van der Waals surface area contributed by atoms with Crippen molar-refractivity contribution in [2.45, 2.75) is 12.8 Å². The van der Waals surface area contributed by atoms with E-state index in [1.165, 1.54) is 6.07 Å². The number of primary amides is 1. The van der Waals surface area contributed by atoms with Crippen LogP contribution in [0.1, 0.15) is 12.8 Å². The van der Waals surface area contributed by atoms with Gasteiger partial charge in [0.25, 0.3) is 5.91 Å². The molecule has 2 atom stereocenters. The predicted molar refractivity (Wildman–Crippen MR) is 72.5 cm³/mol. The van der Waals surface area contributed by atoms with Gasteiger partial charge >= 0.3 is 0 Å². The van der Waals surface area contributed by atoms with Crippen LogP contribution in [0.25, 0.3) is 0 Å². The summed E-state index contributed by atoms with van der Waals surface area (Å²) in [6, 6.07) is 3.39. The van der Waals surface area contributed by atoms with E-state index in [0.29, 0.717) is 6.54 Å². The first-order valence-corrected chi connectivity index (χ1v) is 6.84. The zero-order valence-electron chi connectivity index (χ0n) is 11.5. The smallest absolute Gasteiger partial charge is 0.279 e. The Labute approximate surface area is 121 Å². The first kappa shape index (κ1) is 15.4. The molecule has 1 aromatic rings. The zero-order valence-corrected chi connectivity index (χ0v) is 11.5. The number of likely N-dealkylation sites (tertiary alicyclic amines) is 1. The Morgan fingerprint density at radius 3 is 2.62 bits per heavy atom. The predicted octanol–water partition coefficient (Wildman–Crippen LogP) is -0.316. The fourth-order valence-electron chi connectivity index (χ4n) is 2.58. The summed E-state index contributed by atoms with van der Waals surface area (Å²) in [5, 5.41) is 2.24. The van der Waals surface area contributed by atoms with Crippen molar-refractivity contribution in [1.82, 2.24) is 0 Å². The lowest BCUT2D eigenvalue weighted by Crippen LogP contribution is -3.14. The van der Waals surface area contributed by atoms with Crippen molar-refractivity contribution in [2.24, 2.45) is 11.7 Å². The molecule has 2 amide bonds. The highest BCUT2D eigenvalue weighted by atomic mass is 19.1. The molecule has 7 heteroatoms. The van der Waals surface area contributed by atoms with E-state index in [1.807, 2.05) is 0 Å². The third-order valence-electron chi connectivity index (χ3n) is 3.66. The van der Waals surface area contributed by atoms with Gasteiger partial charge in [0.1, 0.15) is 17.3 Å². The Morgan fingerprint density at radius 2 is 2.00 bits per heavy atom. The lowest BCUT2D eigenvalue weighted by Gasteiger charge is -2.27. The van der Waals surface area contributed by atoms with Crippen molar-refractivity contribution in [1.29, 1.82) is 0 Å². The van der Waals surface area contributed by atoms with Crippen LogP contribution in [-0.2, 0) is 9.59 Å². The maximum atomic E-state index is 13.4. The summed E-state index contributed by atoms with van der Waals surface area (Å²) in [6.45, 7) is 1.26. The number of piperidine rings is 1. The van der Waals surface area contributed by atoms with Crippen molar-refractivity contribution in [3.05, 3.63) is 29.8 Å². The lowest BCUT2D eigenvalue weighted by molar-refractivity contribution is -0.899. The molecule has 1 heterocycles. The van der Waals surface area contributed by atoms with E-state index in [9.17, 15) is 18.4 Å². The van der Waals surface area contributed by atoms with Crippen molar-refractivity contribution in [2.75, 3.05) is 25.0 Å². The molecule has 0 aliphatic carbocycles. The molecule has 4 N–H and O–H groups in total. The number of anilines is 1. The Bertz CT molecular complexity index is 531. The number of amides is 2. The lowest BCUT2D eigenvalue weighted by atomic mass is 9.97. The first-order valence-electron chi connectivity index (χ1n) is 6.84. The monoisotopic (exact) mass is 298 g/mol. The van der Waals surface area contributed by atoms with Gasteiger partial charge in [-0.2, -0.15) is 0 Å². The molecule has 0 bridgehead atoms. The van der Waals surface area contributed by atoms with Crippen LogP contribution in [0, 0.1) is 17.6 Å². The van der Waals surface area contributed by atoms with Crippen molar-refractivity contribution >= 4 is 17.5 Å². The van der Waals surface area contributed by atoms with Gasteiger partial charge in [0.2, 0.25) is 5.91 Å². The number of para-hydroxylation sites is 1. The molecule has 5 nitrogen and oxygen atoms in total. The topological polar surface area (TPSA) is 76.6 Å². The summed E-state index contributed by atoms with van der Waals surface area (Å²) < 4.78 is 26.9. The standard InChI is InChI=1S/C14H17F2N3O2/c15-10-4-1-5-11(16)13(10)18-12(20)8-19-6-2-3-9(7-19)14(17)21/h1,4-5,9H,2-3,6-8H2,(H2,17,21)(H,18,20)/p+1/t9-/m1/s1. The molecule has 1 saturated heterocycles. The largest absolute Gasteiger partial charge is 0.369 e. The Morgan fingerprint density at radius 1 is 1.33 bits per heavy atom. The van der Waals surface area contributed by atoms with E-state index in [1.54, 1.807) is 0 Å². The number of carbonyl (C=O) groups is 2. The van der Waals surface area contributed by atoms with Gasteiger partial charge in [-0.3, -0.25) is 9.59 Å². The Balaban J connectivity index is 1.94. The summed E-state index contributed by atoms with van der Waals surface area (Å²) >= 11 is 0. The summed E-state index contributed by atoms with van der Waals surface area (Å²) in [5.41, 5.74) is 4.83. The molecule has 0 saturated carbocycles. The zero-order chi connectivity index (χ0) is 15.4. The maximum absolute atomic E-state index is 13.4. The van der Waals surface area contributed by atoms with Gasteiger partial charge in [-0.1, -0.05) is 6.07 Å². The van der Waals surface area contributed by atoms with Gasteiger partial charge in [-0.15, -0.1) is 0 Å². The van der Waals surface area contributed by atoms with E-state index >= 15 is 0 Å². The Kier molecular flexibility index (Phi) is 4.85. The summed E-state index contributed by atoms with van der Waals surface area (Å²) in [4.78, 5) is 23.9. The number of carbonyl (C=O) groups excluding carboxylic acids is 2. The third kappa shape index (κ3) is 3.98. The van der Waals surface area contributed by atoms with Gasteiger partial charge in [0.05, 0.1) is 19.0 Å². The van der Waals surface area contributed by atoms with E-state index < -0.39 is 23.2 Å². The first-order chi connectivity index (χ1) is 9.97. The normalized spacial score (nSPS) is 21.8. The second kappa shape index (κ2) is 6.62. The van der Waals surface area contributed by atoms with Crippen LogP contribution in [0.2, 0.25) is 0 Å². The average molecular weight is 298 g/mol. The molecule has 0 radical (unpaired) electrons. The van der Waals surface area contributed by atoms with Crippen LogP contribution in [-0.4, -0.2) is 31.4 Å². The van der Waals surface area contributed by atoms with Gasteiger partial charge < -0.3 is 16.0 Å². The number of nitrogens with two attached hydrogens (primary N) is 1. The molecular weight excluding hydrogens is 280 g/mol. The minimum Gasteiger partial charge on any atom is -0.369 e. The molecule has 0 spiro atoms. The highest BCUT2D eigenvalue weighted by molar-refractivity contribution is 5.91. The van der Waals surface area contributed by atoms with Crippen molar-refractivity contribution in [3.8, 4) is 0 Å². The summed E-state index contributed by atoms with van der Waals surface area (Å²) in [5.74, 6) is -2.72. The number of nitrogens with one attached hydrogen (secondary N) is 2. The van der Waals surface area contributed by atoms with Gasteiger partial charge in [-0.25, -0.2) is 8.78 Å². The minimum atomic E-state index is -0.813. The van der Waals surface area contributed by atoms with Crippen molar-refractivity contribution < 1.29 is 23.3 Å². The highest BCUT2D eigenvalue weighted by Crippen LogP contribution is 2.17. The third-order valence-corrected chi connectivity index (χ3v) is 3.66. The van der Waals surface area contributed by atoms with E-state index in [-0.39, 0.29) is 18.4 Å². The quantitative estimate of drug-likeness (QED) is 0.713. The molecule has 2 rings (SSSR count). The second-order valence-corrected chi connectivity index (χ2v) is 5.27. The second-order valence-electron chi connectivity index (χ2n) is 5.27. The van der Waals surface area contributed by atoms with Crippen LogP contribution in [0.4, 0.5) is 14.5 Å². The van der Waals surface area contributed by atoms with E-state index in [2.05, 4.69) is 5.32 Å². The Hall–Kier alpha value is -2.02. The van der Waals surface area contributed by atoms with Crippen LogP contribution in [0.15, 0.2) is 18.2 Å². The molecule has 1 aromatic carbocycles.